The number of azo groups is 1. The lowest BCUT2D eigenvalue weighted by Crippen LogP contribution is -2.25. The van der Waals surface area contributed by atoms with Crippen LogP contribution in [0, 0.1) is 15.3 Å². The summed E-state index contributed by atoms with van der Waals surface area (Å²) >= 11 is 0. The van der Waals surface area contributed by atoms with Crippen molar-refractivity contribution in [2.24, 2.45) is 10.2 Å². The largest absolute Gasteiger partial charge is 0.710 e. The van der Waals surface area contributed by atoms with Gasteiger partial charge in [0, 0.05) is 24.9 Å². The number of nitro groups is 1. The Hall–Kier alpha value is -3.29. The molecule has 0 spiro atoms. The molecule has 0 amide bonds. The second-order valence-corrected chi connectivity index (χ2v) is 4.34. The number of aromatic nitrogens is 1. The molecule has 2 rings (SSSR count). The van der Waals surface area contributed by atoms with Crippen molar-refractivity contribution in [3.8, 4) is 0 Å². The van der Waals surface area contributed by atoms with Crippen LogP contribution in [0.5, 0.6) is 0 Å². The molecule has 22 heavy (non-hydrogen) atoms. The Bertz CT molecular complexity index is 728. The molecule has 0 fully saturated rings. The molecule has 2 aromatic rings. The molecule has 112 valence electrons. The predicted molar refractivity (Wildman–Crippen MR) is 81.3 cm³/mol. The number of pyridine rings is 1. The molecule has 0 radical (unpaired) electrons. The van der Waals surface area contributed by atoms with Crippen molar-refractivity contribution in [1.82, 2.24) is 0 Å². The maximum Gasteiger partial charge on any atom is 0.354 e. The molecule has 0 saturated heterocycles. The molecule has 0 aliphatic heterocycles. The monoisotopic (exact) mass is 299 g/mol. The Morgan fingerprint density at radius 2 is 1.91 bits per heavy atom. The van der Waals surface area contributed by atoms with Crippen molar-refractivity contribution in [2.75, 3.05) is 11.9 Å². The van der Waals surface area contributed by atoms with Gasteiger partial charge in [-0.1, -0.05) is 6.58 Å². The molecule has 0 atom stereocenters. The van der Waals surface area contributed by atoms with E-state index >= 15 is 0 Å². The number of anilines is 1. The van der Waals surface area contributed by atoms with E-state index in [4.69, 9.17) is 0 Å². The summed E-state index contributed by atoms with van der Waals surface area (Å²) in [5.74, 6) is -0.0297. The van der Waals surface area contributed by atoms with Gasteiger partial charge in [0.15, 0.2) is 6.20 Å². The SMILES string of the molecule is C=CN(C)c1ccc(N=Nc2ccc([N+](=O)[O-])c[n+]2[O-])cc1. The topological polar surface area (TPSA) is 98.0 Å². The Kier molecular flexibility index (Phi) is 4.42. The van der Waals surface area contributed by atoms with Gasteiger partial charge in [0.05, 0.1) is 10.0 Å². The molecule has 0 aliphatic carbocycles. The summed E-state index contributed by atoms with van der Waals surface area (Å²) in [6.07, 6.45) is 2.52. The fourth-order valence-electron chi connectivity index (χ4n) is 1.62. The van der Waals surface area contributed by atoms with Gasteiger partial charge in [-0.2, -0.15) is 0 Å². The van der Waals surface area contributed by atoms with Crippen molar-refractivity contribution in [2.45, 2.75) is 0 Å². The van der Waals surface area contributed by atoms with E-state index in [9.17, 15) is 15.3 Å². The highest BCUT2D eigenvalue weighted by molar-refractivity contribution is 5.53. The molecule has 1 aromatic heterocycles. The quantitative estimate of drug-likeness (QED) is 0.278. The Labute approximate surface area is 126 Å². The fraction of sp³-hybridized carbons (Fsp3) is 0.0714. The summed E-state index contributed by atoms with van der Waals surface area (Å²) < 4.78 is 0.307. The molecule has 0 N–H and O–H groups in total. The van der Waals surface area contributed by atoms with Crippen LogP contribution in [-0.4, -0.2) is 12.0 Å². The van der Waals surface area contributed by atoms with Crippen LogP contribution in [0.15, 0.2) is 65.6 Å². The summed E-state index contributed by atoms with van der Waals surface area (Å²) in [5, 5.41) is 29.9. The third-order valence-corrected chi connectivity index (χ3v) is 2.89. The van der Waals surface area contributed by atoms with Crippen LogP contribution in [0.25, 0.3) is 0 Å². The van der Waals surface area contributed by atoms with Gasteiger partial charge in [-0.05, 0) is 35.6 Å². The van der Waals surface area contributed by atoms with Crippen LogP contribution in [0.2, 0.25) is 0 Å². The number of benzene rings is 1. The smallest absolute Gasteiger partial charge is 0.354 e. The molecule has 0 saturated carbocycles. The normalized spacial score (nSPS) is 10.6. The molecule has 1 heterocycles. The average Bonchev–Trinajstić information content (AvgIpc) is 2.53. The molecular weight excluding hydrogens is 286 g/mol. The van der Waals surface area contributed by atoms with Gasteiger partial charge in [-0.15, -0.1) is 0 Å². The first-order chi connectivity index (χ1) is 10.5. The van der Waals surface area contributed by atoms with Gasteiger partial charge < -0.3 is 10.1 Å². The van der Waals surface area contributed by atoms with E-state index in [0.29, 0.717) is 10.4 Å². The molecule has 0 unspecified atom stereocenters. The first-order valence-electron chi connectivity index (χ1n) is 6.26. The van der Waals surface area contributed by atoms with E-state index < -0.39 is 4.92 Å². The van der Waals surface area contributed by atoms with E-state index in [0.717, 1.165) is 11.9 Å². The average molecular weight is 299 g/mol. The van der Waals surface area contributed by atoms with E-state index in [1.54, 1.807) is 18.3 Å². The van der Waals surface area contributed by atoms with Crippen molar-refractivity contribution in [3.63, 3.8) is 0 Å². The highest BCUT2D eigenvalue weighted by atomic mass is 16.6. The van der Waals surface area contributed by atoms with E-state index in [2.05, 4.69) is 16.8 Å². The summed E-state index contributed by atoms with van der Waals surface area (Å²) in [7, 11) is 1.86. The van der Waals surface area contributed by atoms with E-state index in [1.165, 1.54) is 12.1 Å². The van der Waals surface area contributed by atoms with Gasteiger partial charge in [0.2, 0.25) is 0 Å². The van der Waals surface area contributed by atoms with Crippen molar-refractivity contribution >= 4 is 22.9 Å². The first-order valence-corrected chi connectivity index (χ1v) is 6.26. The lowest BCUT2D eigenvalue weighted by atomic mass is 10.3. The Morgan fingerprint density at radius 1 is 1.23 bits per heavy atom. The van der Waals surface area contributed by atoms with Crippen molar-refractivity contribution in [1.29, 1.82) is 0 Å². The molecule has 8 heteroatoms. The summed E-state index contributed by atoms with van der Waals surface area (Å²) in [5.41, 5.74) is 1.19. The summed E-state index contributed by atoms with van der Waals surface area (Å²) in [6, 6.07) is 9.58. The van der Waals surface area contributed by atoms with Crippen LogP contribution in [0.3, 0.4) is 0 Å². The molecule has 0 bridgehead atoms. The highest BCUT2D eigenvalue weighted by Crippen LogP contribution is 2.21. The molecular formula is C14H13N5O3. The van der Waals surface area contributed by atoms with Gasteiger partial charge in [-0.3, -0.25) is 10.1 Å². The predicted octanol–water partition coefficient (Wildman–Crippen LogP) is 3.22. The molecule has 1 aromatic carbocycles. The fourth-order valence-corrected chi connectivity index (χ4v) is 1.62. The third kappa shape index (κ3) is 3.42. The van der Waals surface area contributed by atoms with Crippen molar-refractivity contribution in [3.05, 3.63) is 70.7 Å². The second-order valence-electron chi connectivity index (χ2n) is 4.34. The Balaban J connectivity index is 2.18. The standard InChI is InChI=1S/C14H13N5O3/c1-3-17(2)12-6-4-11(5-7-12)15-16-14-9-8-13(19(21)22)10-18(14)20/h3-10H,1H2,2H3. The lowest BCUT2D eigenvalue weighted by Gasteiger charge is -2.12. The van der Waals surface area contributed by atoms with Gasteiger partial charge in [-0.25, -0.2) is 4.73 Å². The zero-order valence-corrected chi connectivity index (χ0v) is 11.8. The van der Waals surface area contributed by atoms with Crippen LogP contribution >= 0.6 is 0 Å². The Morgan fingerprint density at radius 3 is 2.45 bits per heavy atom. The second kappa shape index (κ2) is 6.44. The van der Waals surface area contributed by atoms with Crippen molar-refractivity contribution < 1.29 is 9.65 Å². The zero-order chi connectivity index (χ0) is 16.1. The van der Waals surface area contributed by atoms with Crippen LogP contribution < -0.4 is 9.63 Å². The summed E-state index contributed by atoms with van der Waals surface area (Å²) in [4.78, 5) is 11.7. The molecule has 8 nitrogen and oxygen atoms in total. The van der Waals surface area contributed by atoms with Crippen LogP contribution in [0.4, 0.5) is 22.9 Å². The maximum absolute atomic E-state index is 11.6. The molecule has 0 aliphatic rings. The van der Waals surface area contributed by atoms with Crippen LogP contribution in [0.1, 0.15) is 0 Å². The minimum absolute atomic E-state index is 0.0297. The van der Waals surface area contributed by atoms with E-state index in [1.807, 2.05) is 24.1 Å². The minimum Gasteiger partial charge on any atom is -0.710 e. The number of nitrogens with zero attached hydrogens (tertiary/aromatic N) is 5. The highest BCUT2D eigenvalue weighted by Gasteiger charge is 2.12. The number of rotatable bonds is 5. The third-order valence-electron chi connectivity index (χ3n) is 2.89. The summed E-state index contributed by atoms with van der Waals surface area (Å²) in [6.45, 7) is 3.66. The van der Waals surface area contributed by atoms with E-state index in [-0.39, 0.29) is 11.5 Å². The number of hydrogen-bond acceptors (Lipinski definition) is 6. The number of hydrogen-bond donors (Lipinski definition) is 0. The van der Waals surface area contributed by atoms with Gasteiger partial charge in [0.25, 0.3) is 0 Å². The van der Waals surface area contributed by atoms with Gasteiger partial charge in [0.1, 0.15) is 5.69 Å². The maximum atomic E-state index is 11.6. The van der Waals surface area contributed by atoms with Gasteiger partial charge >= 0.3 is 11.5 Å². The minimum atomic E-state index is -0.649. The van der Waals surface area contributed by atoms with Crippen LogP contribution in [-0.2, 0) is 0 Å². The lowest BCUT2D eigenvalue weighted by molar-refractivity contribution is -0.596. The zero-order valence-electron chi connectivity index (χ0n) is 11.8. The first kappa shape index (κ1) is 15.1.